The standard InChI is InChI=1S/C19H24N4O2/c1-22-11-16(9-21-22)8-15-6-7-23(12-15)19(24)17-4-5-18(20-10-17)25-13-14-2-3-14/h4-5,9-11,14-15H,2-3,6-8,12-13H2,1H3/t15-/m1/s1. The van der Waals surface area contributed by atoms with Crippen LogP contribution in [0.2, 0.25) is 0 Å². The van der Waals surface area contributed by atoms with E-state index in [2.05, 4.69) is 16.3 Å². The molecule has 1 saturated carbocycles. The first-order chi connectivity index (χ1) is 12.2. The Labute approximate surface area is 147 Å². The fourth-order valence-corrected chi connectivity index (χ4v) is 3.36. The molecule has 2 aromatic heterocycles. The first-order valence-electron chi connectivity index (χ1n) is 9.03. The van der Waals surface area contributed by atoms with Gasteiger partial charge in [-0.05, 0) is 49.1 Å². The van der Waals surface area contributed by atoms with Crippen LogP contribution in [0.3, 0.4) is 0 Å². The molecule has 0 bridgehead atoms. The number of aromatic nitrogens is 3. The highest BCUT2D eigenvalue weighted by molar-refractivity contribution is 5.94. The number of pyridine rings is 1. The second kappa shape index (κ2) is 6.86. The van der Waals surface area contributed by atoms with Crippen molar-refractivity contribution in [2.75, 3.05) is 19.7 Å². The number of carbonyl (C=O) groups is 1. The van der Waals surface area contributed by atoms with Crippen molar-refractivity contribution in [3.8, 4) is 5.88 Å². The van der Waals surface area contributed by atoms with Gasteiger partial charge in [0.15, 0.2) is 0 Å². The third-order valence-corrected chi connectivity index (χ3v) is 5.00. The highest BCUT2D eigenvalue weighted by Gasteiger charge is 2.27. The fraction of sp³-hybridized carbons (Fsp3) is 0.526. The van der Waals surface area contributed by atoms with E-state index in [1.807, 2.05) is 28.9 Å². The van der Waals surface area contributed by atoms with Crippen molar-refractivity contribution < 1.29 is 9.53 Å². The van der Waals surface area contributed by atoms with Gasteiger partial charge in [0, 0.05) is 38.6 Å². The quantitative estimate of drug-likeness (QED) is 0.810. The minimum absolute atomic E-state index is 0.0647. The first-order valence-corrected chi connectivity index (χ1v) is 9.03. The maximum absolute atomic E-state index is 12.7. The van der Waals surface area contributed by atoms with Crippen molar-refractivity contribution in [2.45, 2.75) is 25.7 Å². The summed E-state index contributed by atoms with van der Waals surface area (Å²) in [6, 6.07) is 3.63. The second-order valence-corrected chi connectivity index (χ2v) is 7.27. The zero-order chi connectivity index (χ0) is 17.2. The van der Waals surface area contributed by atoms with Crippen LogP contribution < -0.4 is 4.74 Å². The molecule has 1 aliphatic heterocycles. The molecule has 0 unspecified atom stereocenters. The predicted octanol–water partition coefficient (Wildman–Crippen LogP) is 2.31. The lowest BCUT2D eigenvalue weighted by Gasteiger charge is -2.16. The van der Waals surface area contributed by atoms with Crippen molar-refractivity contribution in [1.82, 2.24) is 19.7 Å². The van der Waals surface area contributed by atoms with Crippen LogP contribution in [0.1, 0.15) is 35.2 Å². The van der Waals surface area contributed by atoms with E-state index in [0.29, 0.717) is 23.3 Å². The molecule has 0 aromatic carbocycles. The topological polar surface area (TPSA) is 60.2 Å². The highest BCUT2D eigenvalue weighted by Crippen LogP contribution is 2.29. The van der Waals surface area contributed by atoms with Gasteiger partial charge in [-0.15, -0.1) is 0 Å². The molecule has 6 nitrogen and oxygen atoms in total. The van der Waals surface area contributed by atoms with Gasteiger partial charge in [-0.2, -0.15) is 5.10 Å². The van der Waals surface area contributed by atoms with Gasteiger partial charge in [0.1, 0.15) is 0 Å². The summed E-state index contributed by atoms with van der Waals surface area (Å²) in [5.74, 6) is 1.88. The molecule has 2 aromatic rings. The molecule has 0 N–H and O–H groups in total. The molecular weight excluding hydrogens is 316 g/mol. The Hall–Kier alpha value is -2.37. The summed E-state index contributed by atoms with van der Waals surface area (Å²) < 4.78 is 7.46. The summed E-state index contributed by atoms with van der Waals surface area (Å²) in [7, 11) is 1.93. The van der Waals surface area contributed by atoms with Crippen LogP contribution in [0, 0.1) is 11.8 Å². The molecule has 0 spiro atoms. The SMILES string of the molecule is Cn1cc(C[C@H]2CCN(C(=O)c3ccc(OCC4CC4)nc3)C2)cn1. The summed E-state index contributed by atoms with van der Waals surface area (Å²) in [6.45, 7) is 2.35. The van der Waals surface area contributed by atoms with E-state index in [-0.39, 0.29) is 5.91 Å². The van der Waals surface area contributed by atoms with Gasteiger partial charge in [0.2, 0.25) is 5.88 Å². The molecule has 25 heavy (non-hydrogen) atoms. The van der Waals surface area contributed by atoms with E-state index in [9.17, 15) is 4.79 Å². The zero-order valence-electron chi connectivity index (χ0n) is 14.6. The highest BCUT2D eigenvalue weighted by atomic mass is 16.5. The minimum atomic E-state index is 0.0647. The minimum Gasteiger partial charge on any atom is -0.477 e. The number of amides is 1. The Bertz CT molecular complexity index is 736. The summed E-state index contributed by atoms with van der Waals surface area (Å²) in [5, 5.41) is 4.21. The van der Waals surface area contributed by atoms with Crippen LogP contribution in [0.25, 0.3) is 0 Å². The molecule has 6 heteroatoms. The Morgan fingerprint density at radius 1 is 1.24 bits per heavy atom. The van der Waals surface area contributed by atoms with Crippen LogP contribution in [-0.4, -0.2) is 45.3 Å². The average Bonchev–Trinajstić information content (AvgIpc) is 3.19. The van der Waals surface area contributed by atoms with E-state index in [1.165, 1.54) is 18.4 Å². The Morgan fingerprint density at radius 2 is 2.12 bits per heavy atom. The number of rotatable bonds is 6. The zero-order valence-corrected chi connectivity index (χ0v) is 14.6. The van der Waals surface area contributed by atoms with Crippen molar-refractivity contribution in [3.63, 3.8) is 0 Å². The molecule has 1 amide bonds. The van der Waals surface area contributed by atoms with Gasteiger partial charge in [-0.3, -0.25) is 9.48 Å². The number of carbonyl (C=O) groups excluding carboxylic acids is 1. The molecule has 4 rings (SSSR count). The third kappa shape index (κ3) is 4.00. The predicted molar refractivity (Wildman–Crippen MR) is 93.4 cm³/mol. The first kappa shape index (κ1) is 16.1. The molecule has 2 aliphatic rings. The van der Waals surface area contributed by atoms with Crippen molar-refractivity contribution >= 4 is 5.91 Å². The van der Waals surface area contributed by atoms with Gasteiger partial charge in [0.05, 0.1) is 18.4 Å². The van der Waals surface area contributed by atoms with Crippen LogP contribution >= 0.6 is 0 Å². The van der Waals surface area contributed by atoms with E-state index in [1.54, 1.807) is 12.3 Å². The van der Waals surface area contributed by atoms with E-state index < -0.39 is 0 Å². The van der Waals surface area contributed by atoms with Crippen molar-refractivity contribution in [2.24, 2.45) is 18.9 Å². The maximum Gasteiger partial charge on any atom is 0.255 e. The molecule has 1 atom stereocenters. The van der Waals surface area contributed by atoms with Crippen molar-refractivity contribution in [3.05, 3.63) is 41.9 Å². The average molecular weight is 340 g/mol. The Kier molecular flexibility index (Phi) is 4.42. The number of ether oxygens (including phenoxy) is 1. The number of aryl methyl sites for hydroxylation is 1. The third-order valence-electron chi connectivity index (χ3n) is 5.00. The molecule has 132 valence electrons. The van der Waals surface area contributed by atoms with E-state index in [4.69, 9.17) is 4.74 Å². The summed E-state index contributed by atoms with van der Waals surface area (Å²) in [5.41, 5.74) is 1.88. The van der Waals surface area contributed by atoms with Gasteiger partial charge in [-0.25, -0.2) is 4.98 Å². The van der Waals surface area contributed by atoms with Gasteiger partial charge >= 0.3 is 0 Å². The van der Waals surface area contributed by atoms with Gasteiger partial charge < -0.3 is 9.64 Å². The smallest absolute Gasteiger partial charge is 0.255 e. The monoisotopic (exact) mass is 340 g/mol. The van der Waals surface area contributed by atoms with Crippen LogP contribution in [0.15, 0.2) is 30.7 Å². The lowest BCUT2D eigenvalue weighted by atomic mass is 10.0. The number of nitrogens with zero attached hydrogens (tertiary/aromatic N) is 4. The summed E-state index contributed by atoms with van der Waals surface area (Å²) >= 11 is 0. The van der Waals surface area contributed by atoms with Crippen LogP contribution in [-0.2, 0) is 13.5 Å². The van der Waals surface area contributed by atoms with E-state index in [0.717, 1.165) is 32.5 Å². The molecule has 3 heterocycles. The van der Waals surface area contributed by atoms with Crippen LogP contribution in [0.4, 0.5) is 0 Å². The molecule has 2 fully saturated rings. The maximum atomic E-state index is 12.7. The second-order valence-electron chi connectivity index (χ2n) is 7.27. The van der Waals surface area contributed by atoms with Crippen LogP contribution in [0.5, 0.6) is 5.88 Å². The Balaban J connectivity index is 1.31. The Morgan fingerprint density at radius 3 is 2.80 bits per heavy atom. The van der Waals surface area contributed by atoms with Gasteiger partial charge in [-0.1, -0.05) is 0 Å². The number of likely N-dealkylation sites (tertiary alicyclic amines) is 1. The normalized spacial score (nSPS) is 20.0. The lowest BCUT2D eigenvalue weighted by Crippen LogP contribution is -2.29. The molecule has 1 saturated heterocycles. The molecular formula is C19H24N4O2. The fourth-order valence-electron chi connectivity index (χ4n) is 3.36. The summed E-state index contributed by atoms with van der Waals surface area (Å²) in [6.07, 6.45) is 10.1. The van der Waals surface area contributed by atoms with Gasteiger partial charge in [0.25, 0.3) is 5.91 Å². The van der Waals surface area contributed by atoms with Crippen molar-refractivity contribution in [1.29, 1.82) is 0 Å². The lowest BCUT2D eigenvalue weighted by molar-refractivity contribution is 0.0786. The van der Waals surface area contributed by atoms with E-state index >= 15 is 0 Å². The summed E-state index contributed by atoms with van der Waals surface area (Å²) in [4.78, 5) is 18.9. The molecule has 1 aliphatic carbocycles. The molecule has 0 radical (unpaired) electrons. The number of hydrogen-bond acceptors (Lipinski definition) is 4. The number of hydrogen-bond donors (Lipinski definition) is 0. The largest absolute Gasteiger partial charge is 0.477 e.